The number of hydrogen-bond donors (Lipinski definition) is 1. The summed E-state index contributed by atoms with van der Waals surface area (Å²) in [7, 11) is 0. The summed E-state index contributed by atoms with van der Waals surface area (Å²) >= 11 is 1.39. The summed E-state index contributed by atoms with van der Waals surface area (Å²) in [6, 6.07) is 25.0. The molecule has 6 aromatic rings. The van der Waals surface area contributed by atoms with Gasteiger partial charge in [0, 0.05) is 34.8 Å². The van der Waals surface area contributed by atoms with Crippen molar-refractivity contribution in [1.82, 2.24) is 29.7 Å². The molecular weight excluding hydrogens is 549 g/mol. The van der Waals surface area contributed by atoms with Crippen LogP contribution in [0, 0.1) is 0 Å². The number of nitrogens with one attached hydrogen (secondary N) is 1. The summed E-state index contributed by atoms with van der Waals surface area (Å²) in [6.07, 6.45) is -2.10. The second-order valence-corrected chi connectivity index (χ2v) is 10.4. The van der Waals surface area contributed by atoms with Gasteiger partial charge in [0.2, 0.25) is 0 Å². The van der Waals surface area contributed by atoms with Crippen LogP contribution in [0.25, 0.3) is 33.2 Å². The molecule has 0 unspecified atom stereocenters. The van der Waals surface area contributed by atoms with E-state index in [1.54, 1.807) is 10.7 Å². The highest BCUT2D eigenvalue weighted by Crippen LogP contribution is 2.34. The first kappa shape index (κ1) is 26.5. The summed E-state index contributed by atoms with van der Waals surface area (Å²) in [5, 5.41) is 11.5. The second kappa shape index (κ2) is 10.7. The molecule has 0 spiro atoms. The standard InChI is InChI=1S/C30H23F3N6OS/c1-2-22-13-14-25(41-22)23-15-26(30(31,32)33)39-27(35-23)16-24(36-39)29(40)34-17-20-18-38(21-11-7-4-8-12-21)37-28(20)19-9-5-3-6-10-19/h3-16,18H,2,17H2,1H3,(H,34,40). The fraction of sp³-hybridized carbons (Fsp3) is 0.133. The van der Waals surface area contributed by atoms with Crippen LogP contribution in [-0.4, -0.2) is 30.3 Å². The molecule has 0 aliphatic heterocycles. The fourth-order valence-corrected chi connectivity index (χ4v) is 5.38. The first-order valence-electron chi connectivity index (χ1n) is 12.8. The molecule has 0 radical (unpaired) electrons. The Morgan fingerprint density at radius 3 is 2.37 bits per heavy atom. The van der Waals surface area contributed by atoms with E-state index < -0.39 is 17.8 Å². The van der Waals surface area contributed by atoms with Crippen molar-refractivity contribution in [3.63, 3.8) is 0 Å². The molecule has 1 amide bonds. The third-order valence-electron chi connectivity index (χ3n) is 6.51. The van der Waals surface area contributed by atoms with Gasteiger partial charge in [-0.1, -0.05) is 55.5 Å². The van der Waals surface area contributed by atoms with E-state index in [2.05, 4.69) is 15.4 Å². The maximum atomic E-state index is 14.0. The number of nitrogens with zero attached hydrogens (tertiary/aromatic N) is 5. The molecule has 0 saturated heterocycles. The van der Waals surface area contributed by atoms with Crippen molar-refractivity contribution >= 4 is 22.9 Å². The molecule has 0 atom stereocenters. The van der Waals surface area contributed by atoms with Gasteiger partial charge in [0.1, 0.15) is 0 Å². The SMILES string of the molecule is CCc1ccc(-c2cc(C(F)(F)F)n3nc(C(=O)NCc4cn(-c5ccccc5)nc4-c4ccccc4)cc3n2)s1. The van der Waals surface area contributed by atoms with Crippen LogP contribution in [-0.2, 0) is 19.1 Å². The summed E-state index contributed by atoms with van der Waals surface area (Å²) in [6.45, 7) is 2.06. The predicted molar refractivity (Wildman–Crippen MR) is 151 cm³/mol. The molecule has 0 saturated carbocycles. The van der Waals surface area contributed by atoms with Crippen molar-refractivity contribution in [1.29, 1.82) is 0 Å². The summed E-state index contributed by atoms with van der Waals surface area (Å²) in [5.74, 6) is -0.624. The molecule has 0 fully saturated rings. The molecule has 7 nitrogen and oxygen atoms in total. The molecule has 0 aliphatic rings. The Morgan fingerprint density at radius 1 is 0.951 bits per heavy atom. The molecule has 4 heterocycles. The smallest absolute Gasteiger partial charge is 0.346 e. The van der Waals surface area contributed by atoms with E-state index in [0.29, 0.717) is 15.1 Å². The number of carbonyl (C=O) groups is 1. The van der Waals surface area contributed by atoms with E-state index in [1.807, 2.05) is 79.9 Å². The summed E-state index contributed by atoms with van der Waals surface area (Å²) in [5.41, 5.74) is 2.08. The Bertz CT molecular complexity index is 1840. The van der Waals surface area contributed by atoms with Gasteiger partial charge >= 0.3 is 6.18 Å². The third-order valence-corrected chi connectivity index (χ3v) is 7.76. The monoisotopic (exact) mass is 572 g/mol. The van der Waals surface area contributed by atoms with Gasteiger partial charge in [0.25, 0.3) is 5.91 Å². The van der Waals surface area contributed by atoms with Crippen LogP contribution >= 0.6 is 11.3 Å². The van der Waals surface area contributed by atoms with Gasteiger partial charge in [-0.3, -0.25) is 4.79 Å². The van der Waals surface area contributed by atoms with Crippen molar-refractivity contribution in [2.75, 3.05) is 0 Å². The average molecular weight is 573 g/mol. The number of thiophene rings is 1. The zero-order valence-electron chi connectivity index (χ0n) is 21.8. The number of amides is 1. The molecule has 11 heteroatoms. The van der Waals surface area contributed by atoms with E-state index >= 15 is 0 Å². The van der Waals surface area contributed by atoms with Gasteiger partial charge in [0.15, 0.2) is 17.0 Å². The lowest BCUT2D eigenvalue weighted by molar-refractivity contribution is -0.142. The zero-order valence-corrected chi connectivity index (χ0v) is 22.6. The fourth-order valence-electron chi connectivity index (χ4n) is 4.48. The van der Waals surface area contributed by atoms with Crippen molar-refractivity contribution in [3.8, 4) is 27.5 Å². The summed E-state index contributed by atoms with van der Waals surface area (Å²) < 4.78 is 44.5. The highest BCUT2D eigenvalue weighted by atomic mass is 32.1. The summed E-state index contributed by atoms with van der Waals surface area (Å²) in [4.78, 5) is 19.2. The number of fused-ring (bicyclic) bond motifs is 1. The van der Waals surface area contributed by atoms with E-state index in [0.717, 1.165) is 34.2 Å². The van der Waals surface area contributed by atoms with Crippen LogP contribution in [0.15, 0.2) is 91.1 Å². The molecular formula is C30H23F3N6OS. The maximum absolute atomic E-state index is 14.0. The predicted octanol–water partition coefficient (Wildman–Crippen LogP) is 6.82. The number of alkyl halides is 3. The molecule has 0 aliphatic carbocycles. The van der Waals surface area contributed by atoms with E-state index in [-0.39, 0.29) is 23.6 Å². The highest BCUT2D eigenvalue weighted by Gasteiger charge is 2.36. The van der Waals surface area contributed by atoms with Crippen LogP contribution in [0.3, 0.4) is 0 Å². The molecule has 4 aromatic heterocycles. The number of aromatic nitrogens is 5. The van der Waals surface area contributed by atoms with Gasteiger partial charge in [-0.05, 0) is 36.8 Å². The number of benzene rings is 2. The highest BCUT2D eigenvalue weighted by molar-refractivity contribution is 7.15. The molecule has 6 rings (SSSR count). The number of carbonyl (C=O) groups excluding carboxylic acids is 1. The molecule has 1 N–H and O–H groups in total. The van der Waals surface area contributed by atoms with Crippen molar-refractivity contribution in [3.05, 3.63) is 113 Å². The maximum Gasteiger partial charge on any atom is 0.433 e. The van der Waals surface area contributed by atoms with Crippen LogP contribution in [0.5, 0.6) is 0 Å². The number of para-hydroxylation sites is 1. The average Bonchev–Trinajstić information content (AvgIpc) is 3.74. The van der Waals surface area contributed by atoms with Crippen molar-refractivity contribution in [2.24, 2.45) is 0 Å². The second-order valence-electron chi connectivity index (χ2n) is 9.28. The lowest BCUT2D eigenvalue weighted by Crippen LogP contribution is -2.23. The van der Waals surface area contributed by atoms with E-state index in [9.17, 15) is 18.0 Å². The van der Waals surface area contributed by atoms with Gasteiger partial charge in [0.05, 0.1) is 22.0 Å². The lowest BCUT2D eigenvalue weighted by atomic mass is 10.1. The van der Waals surface area contributed by atoms with E-state index in [1.165, 1.54) is 17.4 Å². The zero-order chi connectivity index (χ0) is 28.6. The Labute approximate surface area is 236 Å². The number of aryl methyl sites for hydroxylation is 1. The van der Waals surface area contributed by atoms with Crippen LogP contribution in [0.2, 0.25) is 0 Å². The minimum absolute atomic E-state index is 0.0618. The number of rotatable bonds is 7. The van der Waals surface area contributed by atoms with Crippen LogP contribution < -0.4 is 5.32 Å². The topological polar surface area (TPSA) is 77.1 Å². The van der Waals surface area contributed by atoms with E-state index in [4.69, 9.17) is 5.10 Å². The Balaban J connectivity index is 1.32. The minimum Gasteiger partial charge on any atom is -0.346 e. The van der Waals surface area contributed by atoms with Gasteiger partial charge in [-0.15, -0.1) is 11.3 Å². The first-order valence-corrected chi connectivity index (χ1v) is 13.7. The van der Waals surface area contributed by atoms with Gasteiger partial charge in [-0.2, -0.15) is 23.4 Å². The quantitative estimate of drug-likeness (QED) is 0.228. The van der Waals surface area contributed by atoms with Crippen molar-refractivity contribution < 1.29 is 18.0 Å². The molecule has 206 valence electrons. The largest absolute Gasteiger partial charge is 0.433 e. The Hall–Kier alpha value is -4.77. The molecule has 41 heavy (non-hydrogen) atoms. The van der Waals surface area contributed by atoms with Crippen LogP contribution in [0.1, 0.15) is 33.5 Å². The van der Waals surface area contributed by atoms with Crippen molar-refractivity contribution in [2.45, 2.75) is 26.1 Å². The van der Waals surface area contributed by atoms with Crippen LogP contribution in [0.4, 0.5) is 13.2 Å². The Kier molecular flexibility index (Phi) is 6.88. The van der Waals surface area contributed by atoms with Gasteiger partial charge in [-0.25, -0.2) is 14.2 Å². The molecule has 2 aromatic carbocycles. The number of halogens is 3. The third kappa shape index (κ3) is 5.36. The first-order chi connectivity index (χ1) is 19.8. The van der Waals surface area contributed by atoms with Gasteiger partial charge < -0.3 is 5.32 Å². The Morgan fingerprint density at radius 2 is 1.68 bits per heavy atom. The minimum atomic E-state index is -4.70. The normalized spacial score (nSPS) is 11.7. The number of hydrogen-bond acceptors (Lipinski definition) is 5. The molecule has 0 bridgehead atoms. The lowest BCUT2D eigenvalue weighted by Gasteiger charge is -2.10.